The summed E-state index contributed by atoms with van der Waals surface area (Å²) < 4.78 is 47.0. The number of anilines is 1. The Kier molecular flexibility index (Phi) is 6.44. The summed E-state index contributed by atoms with van der Waals surface area (Å²) in [7, 11) is 1.62. The van der Waals surface area contributed by atoms with Gasteiger partial charge < -0.3 is 9.64 Å². The van der Waals surface area contributed by atoms with E-state index in [0.717, 1.165) is 64.3 Å². The second-order valence-electron chi connectivity index (χ2n) is 9.73. The molecule has 1 aliphatic rings. The molecule has 206 valence electrons. The van der Waals surface area contributed by atoms with Crippen molar-refractivity contribution in [1.82, 2.24) is 29.9 Å². The maximum absolute atomic E-state index is 13.1. The van der Waals surface area contributed by atoms with Gasteiger partial charge in [-0.2, -0.15) is 23.4 Å². The lowest BCUT2D eigenvalue weighted by atomic mass is 9.97. The van der Waals surface area contributed by atoms with Crippen LogP contribution < -0.4 is 9.64 Å². The fourth-order valence-corrected chi connectivity index (χ4v) is 5.49. The van der Waals surface area contributed by atoms with Gasteiger partial charge in [0, 0.05) is 48.4 Å². The Morgan fingerprint density at radius 3 is 2.38 bits per heavy atom. The molecule has 0 atom stereocenters. The molecular formula is C29H28F3N7O. The van der Waals surface area contributed by atoms with Gasteiger partial charge in [-0.05, 0) is 36.1 Å². The van der Waals surface area contributed by atoms with E-state index in [1.165, 1.54) is 11.1 Å². The monoisotopic (exact) mass is 547 g/mol. The number of H-pyrrole nitrogens is 1. The third-order valence-electron chi connectivity index (χ3n) is 7.51. The highest BCUT2D eigenvalue weighted by Crippen LogP contribution is 2.40. The second-order valence-corrected chi connectivity index (χ2v) is 9.73. The first-order valence-corrected chi connectivity index (χ1v) is 13.2. The summed E-state index contributed by atoms with van der Waals surface area (Å²) in [5.41, 5.74) is 7.10. The number of nitrogens with zero attached hydrogens (tertiary/aromatic N) is 6. The van der Waals surface area contributed by atoms with Gasteiger partial charge >= 0.3 is 6.18 Å². The molecule has 2 aromatic carbocycles. The van der Waals surface area contributed by atoms with Gasteiger partial charge in [0.2, 0.25) is 5.95 Å². The van der Waals surface area contributed by atoms with E-state index in [0.29, 0.717) is 25.3 Å². The largest absolute Gasteiger partial charge is 0.494 e. The number of ether oxygens (including phenoxy) is 1. The molecule has 3 aromatic heterocycles. The summed E-state index contributed by atoms with van der Waals surface area (Å²) in [5.74, 6) is 0.933. The van der Waals surface area contributed by atoms with Crippen molar-refractivity contribution in [2.24, 2.45) is 0 Å². The lowest BCUT2D eigenvalue weighted by Crippen LogP contribution is -2.31. The predicted octanol–water partition coefficient (Wildman–Crippen LogP) is 5.92. The summed E-state index contributed by atoms with van der Waals surface area (Å²) in [4.78, 5) is 10.0. The molecule has 8 nitrogen and oxygen atoms in total. The maximum Gasteiger partial charge on any atom is 0.419 e. The average Bonchev–Trinajstić information content (AvgIpc) is 3.61. The minimum atomic E-state index is -4.49. The van der Waals surface area contributed by atoms with Gasteiger partial charge in [-0.15, -0.1) is 0 Å². The fraction of sp³-hybridized carbons (Fsp3) is 0.310. The van der Waals surface area contributed by atoms with Crippen molar-refractivity contribution in [3.05, 3.63) is 76.9 Å². The molecule has 0 amide bonds. The van der Waals surface area contributed by atoms with Gasteiger partial charge in [0.1, 0.15) is 11.3 Å². The average molecular weight is 548 g/mol. The van der Waals surface area contributed by atoms with Crippen molar-refractivity contribution in [3.63, 3.8) is 0 Å². The first-order chi connectivity index (χ1) is 19.3. The Bertz CT molecular complexity index is 1670. The summed E-state index contributed by atoms with van der Waals surface area (Å²) in [6.07, 6.45) is 1.24. The molecule has 0 saturated heterocycles. The molecule has 40 heavy (non-hydrogen) atoms. The summed E-state index contributed by atoms with van der Waals surface area (Å²) in [5, 5.41) is 13.4. The first kappa shape index (κ1) is 25.8. The van der Waals surface area contributed by atoms with Crippen LogP contribution in [0.3, 0.4) is 0 Å². The van der Waals surface area contributed by atoms with Crippen LogP contribution in [0.4, 0.5) is 19.1 Å². The number of fused-ring (bicyclic) bond motifs is 2. The number of hydrogen-bond acceptors (Lipinski definition) is 6. The topological polar surface area (TPSA) is 84.8 Å². The van der Waals surface area contributed by atoms with E-state index in [-0.39, 0.29) is 5.95 Å². The van der Waals surface area contributed by atoms with E-state index in [1.807, 2.05) is 21.7 Å². The van der Waals surface area contributed by atoms with Gasteiger partial charge in [0.05, 0.1) is 35.9 Å². The van der Waals surface area contributed by atoms with Crippen molar-refractivity contribution in [3.8, 4) is 22.7 Å². The van der Waals surface area contributed by atoms with Gasteiger partial charge in [-0.3, -0.25) is 5.10 Å². The third kappa shape index (κ3) is 4.25. The molecule has 0 fully saturated rings. The number of halogens is 3. The van der Waals surface area contributed by atoms with Crippen LogP contribution in [0.25, 0.3) is 27.8 Å². The molecule has 0 saturated carbocycles. The smallest absolute Gasteiger partial charge is 0.419 e. The van der Waals surface area contributed by atoms with E-state index >= 15 is 0 Å². The number of aryl methyl sites for hydroxylation is 2. The normalized spacial score (nSPS) is 13.6. The van der Waals surface area contributed by atoms with Gasteiger partial charge in [0.15, 0.2) is 0 Å². The molecule has 0 aliphatic carbocycles. The van der Waals surface area contributed by atoms with Crippen molar-refractivity contribution >= 4 is 16.9 Å². The minimum absolute atomic E-state index is 0.253. The Balaban J connectivity index is 1.55. The number of methoxy groups -OCH3 is 1. The number of alkyl halides is 3. The quantitative estimate of drug-likeness (QED) is 0.284. The summed E-state index contributed by atoms with van der Waals surface area (Å²) >= 11 is 0. The van der Waals surface area contributed by atoms with Crippen LogP contribution in [0.5, 0.6) is 5.75 Å². The minimum Gasteiger partial charge on any atom is -0.494 e. The van der Waals surface area contributed by atoms with Gasteiger partial charge in [-0.1, -0.05) is 32.0 Å². The molecule has 0 bridgehead atoms. The number of benzene rings is 2. The van der Waals surface area contributed by atoms with E-state index in [2.05, 4.69) is 52.2 Å². The van der Waals surface area contributed by atoms with Crippen molar-refractivity contribution in [2.75, 3.05) is 18.6 Å². The zero-order valence-corrected chi connectivity index (χ0v) is 22.4. The highest BCUT2D eigenvalue weighted by molar-refractivity contribution is 5.98. The fourth-order valence-electron chi connectivity index (χ4n) is 5.49. The lowest BCUT2D eigenvalue weighted by Gasteiger charge is -2.27. The number of aromatic amines is 1. The molecular weight excluding hydrogens is 519 g/mol. The zero-order chi connectivity index (χ0) is 28.0. The van der Waals surface area contributed by atoms with E-state index < -0.39 is 11.7 Å². The summed E-state index contributed by atoms with van der Waals surface area (Å²) in [6.45, 7) is 5.20. The van der Waals surface area contributed by atoms with Crippen molar-refractivity contribution < 1.29 is 17.9 Å². The van der Waals surface area contributed by atoms with Crippen LogP contribution in [-0.4, -0.2) is 43.6 Å². The Morgan fingerprint density at radius 1 is 1.00 bits per heavy atom. The second kappa shape index (κ2) is 9.96. The number of aromatic nitrogens is 6. The molecule has 4 heterocycles. The Labute approximate surface area is 228 Å². The van der Waals surface area contributed by atoms with E-state index in [9.17, 15) is 13.2 Å². The maximum atomic E-state index is 13.1. The standard InChI is InChI=1S/C29H28F3N7O/c1-4-17-7-6-8-18(5-2)26(17)39-27(20-9-10-24(40-3)25-21(20)15-35-36-25)22-16-38(12-11-23(22)37-39)28-33-13-19(14-34-28)29(30,31)32/h6-10,13-15H,4-5,11-12,16H2,1-3H3,(H,35,36). The number of rotatable bonds is 6. The molecule has 1 aliphatic heterocycles. The highest BCUT2D eigenvalue weighted by atomic mass is 19.4. The highest BCUT2D eigenvalue weighted by Gasteiger charge is 2.33. The van der Waals surface area contributed by atoms with E-state index in [1.54, 1.807) is 13.3 Å². The first-order valence-electron chi connectivity index (χ1n) is 13.2. The SMILES string of the molecule is CCc1cccc(CC)c1-n1nc2c(c1-c1ccc(OC)c3[nH]ncc13)CN(c1ncc(C(F)(F)F)cn1)CC2. The molecule has 6 rings (SSSR count). The van der Waals surface area contributed by atoms with Gasteiger partial charge in [0.25, 0.3) is 0 Å². The van der Waals surface area contributed by atoms with Crippen LogP contribution in [0.1, 0.15) is 41.8 Å². The van der Waals surface area contributed by atoms with Crippen molar-refractivity contribution in [2.45, 2.75) is 45.8 Å². The number of hydrogen-bond donors (Lipinski definition) is 1. The third-order valence-corrected chi connectivity index (χ3v) is 7.51. The summed E-state index contributed by atoms with van der Waals surface area (Å²) in [6, 6.07) is 10.3. The van der Waals surface area contributed by atoms with Crippen LogP contribution >= 0.6 is 0 Å². The molecule has 11 heteroatoms. The zero-order valence-electron chi connectivity index (χ0n) is 22.4. The van der Waals surface area contributed by atoms with Crippen LogP contribution in [0.2, 0.25) is 0 Å². The van der Waals surface area contributed by atoms with Gasteiger partial charge in [-0.25, -0.2) is 14.6 Å². The molecule has 0 radical (unpaired) electrons. The van der Waals surface area contributed by atoms with Crippen LogP contribution in [0.15, 0.2) is 48.9 Å². The molecule has 5 aromatic rings. The molecule has 0 unspecified atom stereocenters. The lowest BCUT2D eigenvalue weighted by molar-refractivity contribution is -0.138. The van der Waals surface area contributed by atoms with Crippen molar-refractivity contribution in [1.29, 1.82) is 0 Å². The number of para-hydroxylation sites is 1. The van der Waals surface area contributed by atoms with E-state index in [4.69, 9.17) is 9.84 Å². The predicted molar refractivity (Wildman–Crippen MR) is 146 cm³/mol. The number of nitrogens with one attached hydrogen (secondary N) is 1. The Hall–Kier alpha value is -4.41. The molecule has 0 spiro atoms. The Morgan fingerprint density at radius 2 is 1.73 bits per heavy atom. The van der Waals surface area contributed by atoms with Crippen LogP contribution in [0, 0.1) is 0 Å². The molecule has 1 N–H and O–H groups in total. The van der Waals surface area contributed by atoms with Crippen LogP contribution in [-0.2, 0) is 32.0 Å².